The molecule has 0 saturated heterocycles. The lowest BCUT2D eigenvalue weighted by Crippen LogP contribution is -1.73. The summed E-state index contributed by atoms with van der Waals surface area (Å²) >= 11 is 5.34. The van der Waals surface area contributed by atoms with Gasteiger partial charge in [-0.2, -0.15) is 0 Å². The molecule has 0 aromatic heterocycles. The highest BCUT2D eigenvalue weighted by Gasteiger charge is 1.91. The highest BCUT2D eigenvalue weighted by atomic mass is 35.5. The fraction of sp³-hybridized carbons (Fsp3) is 0.333. The number of allylic oxidation sites excluding steroid dienone is 4. The third-order valence-electron chi connectivity index (χ3n) is 0.801. The lowest BCUT2D eigenvalue weighted by atomic mass is 10.2. The molecule has 0 N–H and O–H groups in total. The van der Waals surface area contributed by atoms with Gasteiger partial charge in [0.25, 0.3) is 0 Å². The van der Waals surface area contributed by atoms with Crippen LogP contribution < -0.4 is 0 Å². The molecule has 0 unspecified atom stereocenters. The van der Waals surface area contributed by atoms with Crippen molar-refractivity contribution in [2.24, 2.45) is 0 Å². The maximum absolute atomic E-state index is 12.1. The number of hydrogen-bond acceptors (Lipinski definition) is 0. The summed E-state index contributed by atoms with van der Waals surface area (Å²) in [6.45, 7) is 12.0. The fourth-order valence-electron chi connectivity index (χ4n) is 0.313. The second-order valence-electron chi connectivity index (χ2n) is 1.68. The predicted octanol–water partition coefficient (Wildman–Crippen LogP) is 4.19. The van der Waals surface area contributed by atoms with E-state index in [2.05, 4.69) is 13.2 Å². The molecule has 0 aromatic rings. The standard InChI is InChI=1S/C7H8ClF.C2H6/c1-5(7(3)9)4-6(2)8;1-2/h4H,2-3H2,1H3;1-2H3/b5-4-;. The van der Waals surface area contributed by atoms with E-state index in [1.807, 2.05) is 13.8 Å². The first-order valence-electron chi connectivity index (χ1n) is 3.41. The summed E-state index contributed by atoms with van der Waals surface area (Å²) < 4.78 is 12.1. The molecule has 0 aliphatic heterocycles. The van der Waals surface area contributed by atoms with Crippen LogP contribution in [0.5, 0.6) is 0 Å². The molecule has 0 atom stereocenters. The smallest absolute Gasteiger partial charge is 0.119 e. The Morgan fingerprint density at radius 2 is 1.73 bits per heavy atom. The van der Waals surface area contributed by atoms with Gasteiger partial charge in [-0.3, -0.25) is 0 Å². The molecule has 0 aliphatic carbocycles. The van der Waals surface area contributed by atoms with Crippen LogP contribution in [-0.2, 0) is 0 Å². The monoisotopic (exact) mass is 176 g/mol. The minimum Gasteiger partial charge on any atom is -0.207 e. The van der Waals surface area contributed by atoms with Gasteiger partial charge in [0.2, 0.25) is 0 Å². The molecule has 2 heteroatoms. The second kappa shape index (κ2) is 7.55. The van der Waals surface area contributed by atoms with Gasteiger partial charge in [-0.05, 0) is 18.6 Å². The van der Waals surface area contributed by atoms with Crippen LogP contribution in [0.15, 0.2) is 35.7 Å². The molecule has 0 rings (SSSR count). The Bertz CT molecular complexity index is 168. The van der Waals surface area contributed by atoms with Gasteiger partial charge in [-0.25, -0.2) is 4.39 Å². The molecule has 0 nitrogen and oxygen atoms in total. The van der Waals surface area contributed by atoms with Crippen LogP contribution in [0.1, 0.15) is 20.8 Å². The van der Waals surface area contributed by atoms with Crippen molar-refractivity contribution in [1.82, 2.24) is 0 Å². The summed E-state index contributed by atoms with van der Waals surface area (Å²) in [6.07, 6.45) is 1.42. The third-order valence-corrected chi connectivity index (χ3v) is 0.910. The van der Waals surface area contributed by atoms with E-state index < -0.39 is 5.83 Å². The number of rotatable bonds is 2. The summed E-state index contributed by atoms with van der Waals surface area (Å²) in [5.41, 5.74) is 0.412. The first-order valence-corrected chi connectivity index (χ1v) is 3.79. The van der Waals surface area contributed by atoms with E-state index in [0.29, 0.717) is 10.6 Å². The minimum atomic E-state index is -0.475. The van der Waals surface area contributed by atoms with Gasteiger partial charge in [0, 0.05) is 5.03 Å². The Labute approximate surface area is 73.1 Å². The summed E-state index contributed by atoms with van der Waals surface area (Å²) in [4.78, 5) is 0. The Morgan fingerprint density at radius 3 is 1.82 bits per heavy atom. The van der Waals surface area contributed by atoms with Crippen LogP contribution in [0.2, 0.25) is 0 Å². The van der Waals surface area contributed by atoms with Crippen molar-refractivity contribution in [3.05, 3.63) is 35.7 Å². The topological polar surface area (TPSA) is 0 Å². The first kappa shape index (κ1) is 13.1. The van der Waals surface area contributed by atoms with Crippen LogP contribution in [0.3, 0.4) is 0 Å². The maximum atomic E-state index is 12.1. The van der Waals surface area contributed by atoms with Crippen LogP contribution >= 0.6 is 11.6 Å². The van der Waals surface area contributed by atoms with Crippen LogP contribution in [0, 0.1) is 0 Å². The average Bonchev–Trinajstić information content (AvgIpc) is 1.90. The van der Waals surface area contributed by atoms with Crippen molar-refractivity contribution < 1.29 is 4.39 Å². The minimum absolute atomic E-state index is 0.311. The summed E-state index contributed by atoms with van der Waals surface area (Å²) in [7, 11) is 0. The van der Waals surface area contributed by atoms with E-state index in [-0.39, 0.29) is 0 Å². The predicted molar refractivity (Wildman–Crippen MR) is 50.3 cm³/mol. The zero-order chi connectivity index (χ0) is 9.44. The van der Waals surface area contributed by atoms with Crippen LogP contribution in [0.25, 0.3) is 0 Å². The van der Waals surface area contributed by atoms with E-state index in [4.69, 9.17) is 11.6 Å². The normalized spacial score (nSPS) is 9.73. The van der Waals surface area contributed by atoms with Crippen molar-refractivity contribution in [3.8, 4) is 0 Å². The Balaban J connectivity index is 0. The molecule has 0 fully saturated rings. The van der Waals surface area contributed by atoms with E-state index in [1.165, 1.54) is 6.08 Å². The molecule has 0 aliphatic rings. The lowest BCUT2D eigenvalue weighted by molar-refractivity contribution is 0.656. The molecule has 0 spiro atoms. The molecule has 0 heterocycles. The highest BCUT2D eigenvalue weighted by molar-refractivity contribution is 6.30. The van der Waals surface area contributed by atoms with E-state index >= 15 is 0 Å². The highest BCUT2D eigenvalue weighted by Crippen LogP contribution is 2.11. The fourth-order valence-corrected chi connectivity index (χ4v) is 0.477. The van der Waals surface area contributed by atoms with E-state index in [9.17, 15) is 4.39 Å². The van der Waals surface area contributed by atoms with Crippen molar-refractivity contribution in [3.63, 3.8) is 0 Å². The summed E-state index contributed by atoms with van der Waals surface area (Å²) in [5, 5.41) is 0.311. The van der Waals surface area contributed by atoms with Gasteiger partial charge in [-0.15, -0.1) is 0 Å². The molecule has 64 valence electrons. The Kier molecular flexibility index (Phi) is 8.96. The average molecular weight is 177 g/mol. The van der Waals surface area contributed by atoms with Gasteiger partial charge < -0.3 is 0 Å². The van der Waals surface area contributed by atoms with E-state index in [1.54, 1.807) is 6.92 Å². The molecule has 11 heavy (non-hydrogen) atoms. The lowest BCUT2D eigenvalue weighted by Gasteiger charge is -1.91. The van der Waals surface area contributed by atoms with Gasteiger partial charge >= 0.3 is 0 Å². The molecule has 0 radical (unpaired) electrons. The number of hydrogen-bond donors (Lipinski definition) is 0. The van der Waals surface area contributed by atoms with Gasteiger partial charge in [0.05, 0.1) is 0 Å². The first-order chi connectivity index (χ1) is 5.04. The van der Waals surface area contributed by atoms with Gasteiger partial charge in [-0.1, -0.05) is 38.6 Å². The zero-order valence-corrected chi connectivity index (χ0v) is 8.00. The second-order valence-corrected chi connectivity index (χ2v) is 2.16. The molecular formula is C9H14ClF. The third kappa shape index (κ3) is 9.44. The van der Waals surface area contributed by atoms with Crippen LogP contribution in [0.4, 0.5) is 4.39 Å². The molecular weight excluding hydrogens is 163 g/mol. The number of halogens is 2. The molecule has 0 aromatic carbocycles. The van der Waals surface area contributed by atoms with Crippen molar-refractivity contribution >= 4 is 11.6 Å². The van der Waals surface area contributed by atoms with Crippen LogP contribution in [-0.4, -0.2) is 0 Å². The Hall–Kier alpha value is -0.560. The molecule has 0 amide bonds. The van der Waals surface area contributed by atoms with E-state index in [0.717, 1.165) is 0 Å². The zero-order valence-electron chi connectivity index (χ0n) is 7.25. The Morgan fingerprint density at radius 1 is 1.36 bits per heavy atom. The summed E-state index contributed by atoms with van der Waals surface area (Å²) in [5.74, 6) is -0.475. The summed E-state index contributed by atoms with van der Waals surface area (Å²) in [6, 6.07) is 0. The van der Waals surface area contributed by atoms with Gasteiger partial charge in [0.15, 0.2) is 0 Å². The van der Waals surface area contributed by atoms with Crippen molar-refractivity contribution in [2.75, 3.05) is 0 Å². The molecule has 0 bridgehead atoms. The quantitative estimate of drug-likeness (QED) is 0.554. The van der Waals surface area contributed by atoms with Crippen molar-refractivity contribution in [1.29, 1.82) is 0 Å². The molecule has 0 saturated carbocycles. The van der Waals surface area contributed by atoms with Gasteiger partial charge in [0.1, 0.15) is 5.83 Å². The largest absolute Gasteiger partial charge is 0.207 e. The van der Waals surface area contributed by atoms with Crippen molar-refractivity contribution in [2.45, 2.75) is 20.8 Å². The maximum Gasteiger partial charge on any atom is 0.119 e. The SMILES string of the molecule is C=C(Cl)/C=C(/C)C(=C)F.CC.